The molecule has 0 saturated carbocycles. The predicted molar refractivity (Wildman–Crippen MR) is 136 cm³/mol. The fraction of sp³-hybridized carbons (Fsp3) is 0.207. The fourth-order valence-electron chi connectivity index (χ4n) is 4.63. The van der Waals surface area contributed by atoms with Crippen LogP contribution in [0.2, 0.25) is 0 Å². The van der Waals surface area contributed by atoms with Crippen molar-refractivity contribution in [2.45, 2.75) is 40.2 Å². The van der Waals surface area contributed by atoms with E-state index < -0.39 is 0 Å². The average molecular weight is 420 g/mol. The molecule has 32 heavy (non-hydrogen) atoms. The lowest BCUT2D eigenvalue weighted by atomic mass is 10.1. The molecule has 0 bridgehead atoms. The number of rotatable bonds is 6. The average Bonchev–Trinajstić information content (AvgIpc) is 3.06. The van der Waals surface area contributed by atoms with Gasteiger partial charge in [-0.3, -0.25) is 0 Å². The summed E-state index contributed by atoms with van der Waals surface area (Å²) in [5, 5.41) is 5.96. The number of benzene rings is 3. The van der Waals surface area contributed by atoms with Crippen molar-refractivity contribution in [2.75, 3.05) is 5.32 Å². The third-order valence-corrected chi connectivity index (χ3v) is 6.48. The second-order valence-corrected chi connectivity index (χ2v) is 8.65. The minimum Gasteiger partial charge on any atom is -0.354 e. The Balaban J connectivity index is 1.34. The van der Waals surface area contributed by atoms with Crippen molar-refractivity contribution in [3.63, 3.8) is 0 Å². The van der Waals surface area contributed by atoms with Gasteiger partial charge in [0.05, 0.1) is 16.7 Å². The molecule has 0 unspecified atom stereocenters. The molecule has 0 radical (unpaired) electrons. The van der Waals surface area contributed by atoms with Crippen molar-refractivity contribution in [2.24, 2.45) is 0 Å². The topological polar surface area (TPSA) is 29.9 Å². The van der Waals surface area contributed by atoms with Gasteiger partial charge in [-0.1, -0.05) is 48.5 Å². The third-order valence-electron chi connectivity index (χ3n) is 6.48. The molecule has 5 aromatic rings. The molecule has 2 aromatic heterocycles. The lowest BCUT2D eigenvalue weighted by Gasteiger charge is -2.14. The van der Waals surface area contributed by atoms with Gasteiger partial charge in [-0.05, 0) is 75.1 Å². The van der Waals surface area contributed by atoms with E-state index in [9.17, 15) is 0 Å². The van der Waals surface area contributed by atoms with Crippen molar-refractivity contribution in [3.05, 3.63) is 101 Å². The van der Waals surface area contributed by atoms with Crippen molar-refractivity contribution in [1.82, 2.24) is 9.55 Å². The van der Waals surface area contributed by atoms with Gasteiger partial charge in [-0.15, -0.1) is 0 Å². The monoisotopic (exact) mass is 419 g/mol. The molecule has 0 aliphatic heterocycles. The predicted octanol–water partition coefficient (Wildman–Crippen LogP) is 7.49. The first-order valence-electron chi connectivity index (χ1n) is 11.4. The molecule has 0 saturated heterocycles. The van der Waals surface area contributed by atoms with Crippen LogP contribution in [-0.2, 0) is 13.0 Å². The zero-order valence-electron chi connectivity index (χ0n) is 19.0. The van der Waals surface area contributed by atoms with E-state index in [2.05, 4.69) is 97.4 Å². The largest absolute Gasteiger partial charge is 0.354 e. The molecule has 2 heterocycles. The van der Waals surface area contributed by atoms with E-state index >= 15 is 0 Å². The van der Waals surface area contributed by atoms with Gasteiger partial charge in [0.2, 0.25) is 0 Å². The fourth-order valence-corrected chi connectivity index (χ4v) is 4.63. The summed E-state index contributed by atoms with van der Waals surface area (Å²) in [4.78, 5) is 4.82. The van der Waals surface area contributed by atoms with E-state index in [0.717, 1.165) is 52.6 Å². The van der Waals surface area contributed by atoms with E-state index in [0.29, 0.717) is 0 Å². The van der Waals surface area contributed by atoms with Gasteiger partial charge in [0.25, 0.3) is 0 Å². The van der Waals surface area contributed by atoms with Gasteiger partial charge in [-0.25, -0.2) is 4.98 Å². The number of nitrogens with one attached hydrogen (secondary N) is 1. The highest BCUT2D eigenvalue weighted by Crippen LogP contribution is 2.33. The highest BCUT2D eigenvalue weighted by molar-refractivity contribution is 6.08. The number of pyridine rings is 1. The Morgan fingerprint density at radius 2 is 1.41 bits per heavy atom. The highest BCUT2D eigenvalue weighted by Gasteiger charge is 2.09. The van der Waals surface area contributed by atoms with Gasteiger partial charge >= 0.3 is 0 Å². The first-order chi connectivity index (χ1) is 15.6. The smallest absolute Gasteiger partial charge is 0.0730 e. The van der Waals surface area contributed by atoms with Crippen LogP contribution in [0.1, 0.15) is 28.9 Å². The summed E-state index contributed by atoms with van der Waals surface area (Å²) in [6.07, 6.45) is 2.22. The number of hydrogen-bond donors (Lipinski definition) is 1. The Kier molecular flexibility index (Phi) is 5.40. The molecular weight excluding hydrogens is 390 g/mol. The van der Waals surface area contributed by atoms with E-state index in [1.165, 1.54) is 22.5 Å². The maximum absolute atomic E-state index is 4.82. The maximum Gasteiger partial charge on any atom is 0.0730 e. The van der Waals surface area contributed by atoms with E-state index in [1.54, 1.807) is 0 Å². The number of anilines is 2. The van der Waals surface area contributed by atoms with Gasteiger partial charge in [0.15, 0.2) is 0 Å². The van der Waals surface area contributed by atoms with Crippen LogP contribution in [0.15, 0.2) is 78.9 Å². The molecule has 0 aliphatic carbocycles. The molecule has 0 spiro atoms. The lowest BCUT2D eigenvalue weighted by molar-refractivity contribution is 0.617. The summed E-state index contributed by atoms with van der Waals surface area (Å²) < 4.78 is 2.44. The Hall–Kier alpha value is -3.59. The van der Waals surface area contributed by atoms with Crippen LogP contribution in [0.3, 0.4) is 0 Å². The van der Waals surface area contributed by atoms with Gasteiger partial charge < -0.3 is 9.88 Å². The van der Waals surface area contributed by atoms with Crippen molar-refractivity contribution in [1.29, 1.82) is 0 Å². The summed E-state index contributed by atoms with van der Waals surface area (Å²) in [6.45, 7) is 7.68. The molecule has 0 fully saturated rings. The Bertz CT molecular complexity index is 1340. The first-order valence-corrected chi connectivity index (χ1v) is 11.4. The molecule has 3 nitrogen and oxygen atoms in total. The van der Waals surface area contributed by atoms with E-state index in [-0.39, 0.29) is 0 Å². The lowest BCUT2D eigenvalue weighted by Crippen LogP contribution is -2.04. The molecule has 0 amide bonds. The minimum atomic E-state index is 1.01. The summed E-state index contributed by atoms with van der Waals surface area (Å²) in [7, 11) is 0. The minimum absolute atomic E-state index is 1.01. The summed E-state index contributed by atoms with van der Waals surface area (Å²) >= 11 is 0. The molecule has 0 atom stereocenters. The van der Waals surface area contributed by atoms with Crippen LogP contribution in [0.4, 0.5) is 11.4 Å². The van der Waals surface area contributed by atoms with Crippen LogP contribution in [0, 0.1) is 20.8 Å². The van der Waals surface area contributed by atoms with Crippen LogP contribution >= 0.6 is 0 Å². The molecule has 160 valence electrons. The molecule has 5 rings (SSSR count). The van der Waals surface area contributed by atoms with Crippen LogP contribution in [0.25, 0.3) is 21.8 Å². The molecule has 3 aromatic carbocycles. The number of aryl methyl sites for hydroxylation is 3. The van der Waals surface area contributed by atoms with Gasteiger partial charge in [0, 0.05) is 34.4 Å². The van der Waals surface area contributed by atoms with Gasteiger partial charge in [0.1, 0.15) is 0 Å². The van der Waals surface area contributed by atoms with Crippen LogP contribution < -0.4 is 5.32 Å². The summed E-state index contributed by atoms with van der Waals surface area (Å²) in [5.74, 6) is 0. The quantitative estimate of drug-likeness (QED) is 0.289. The number of aromatic nitrogens is 2. The Morgan fingerprint density at radius 3 is 2.00 bits per heavy atom. The van der Waals surface area contributed by atoms with E-state index in [4.69, 9.17) is 4.98 Å². The molecule has 3 heteroatoms. The second kappa shape index (κ2) is 8.51. The van der Waals surface area contributed by atoms with Crippen molar-refractivity contribution in [3.8, 4) is 0 Å². The third kappa shape index (κ3) is 3.87. The zero-order valence-corrected chi connectivity index (χ0v) is 19.0. The Labute approximate surface area is 189 Å². The highest BCUT2D eigenvalue weighted by atomic mass is 15.0. The Morgan fingerprint density at radius 1 is 0.781 bits per heavy atom. The van der Waals surface area contributed by atoms with Crippen LogP contribution in [-0.4, -0.2) is 9.55 Å². The molecular formula is C29H29N3. The zero-order chi connectivity index (χ0) is 22.1. The standard InChI is InChI=1S/C29H29N3/c1-20-19-21(2)32(22(20)3)18-8-9-23-14-16-24(17-15-23)30-29-25-10-4-6-12-27(25)31-28-13-7-5-11-26(28)29/h4-7,10-17,19H,8-9,18H2,1-3H3,(H,30,31). The SMILES string of the molecule is Cc1cc(C)n(CCCc2ccc(Nc3c4ccccc4nc4ccccc34)cc2)c1C. The number of fused-ring (bicyclic) bond motifs is 2. The van der Waals surface area contributed by atoms with Crippen molar-refractivity contribution >= 4 is 33.2 Å². The summed E-state index contributed by atoms with van der Waals surface area (Å²) in [6, 6.07) is 27.8. The maximum atomic E-state index is 4.82. The second-order valence-electron chi connectivity index (χ2n) is 8.65. The number of hydrogen-bond acceptors (Lipinski definition) is 2. The van der Waals surface area contributed by atoms with Gasteiger partial charge in [-0.2, -0.15) is 0 Å². The van der Waals surface area contributed by atoms with Crippen LogP contribution in [0.5, 0.6) is 0 Å². The first kappa shape index (κ1) is 20.3. The summed E-state index contributed by atoms with van der Waals surface area (Å²) in [5.41, 5.74) is 9.74. The van der Waals surface area contributed by atoms with E-state index in [1.807, 2.05) is 12.1 Å². The van der Waals surface area contributed by atoms with Crippen molar-refractivity contribution < 1.29 is 0 Å². The normalized spacial score (nSPS) is 11.3. The molecule has 1 N–H and O–H groups in total. The molecule has 0 aliphatic rings. The number of nitrogens with zero attached hydrogens (tertiary/aromatic N) is 2. The number of para-hydroxylation sites is 2.